The molecule has 0 saturated heterocycles. The molecule has 9 heteroatoms. The quantitative estimate of drug-likeness (QED) is 0.342. The van der Waals surface area contributed by atoms with E-state index in [1.54, 1.807) is 17.9 Å². The van der Waals surface area contributed by atoms with Crippen LogP contribution in [0.2, 0.25) is 5.02 Å². The van der Waals surface area contributed by atoms with Crippen LogP contribution in [0.25, 0.3) is 11.0 Å². The molecule has 0 bridgehead atoms. The van der Waals surface area contributed by atoms with Crippen molar-refractivity contribution in [1.29, 1.82) is 0 Å². The molecule has 0 aliphatic carbocycles. The summed E-state index contributed by atoms with van der Waals surface area (Å²) >= 11 is 6.44. The van der Waals surface area contributed by atoms with Crippen LogP contribution in [0.4, 0.5) is 0 Å². The first-order chi connectivity index (χ1) is 17.1. The molecule has 1 N–H and O–H groups in total. The maximum atomic E-state index is 13.8. The summed E-state index contributed by atoms with van der Waals surface area (Å²) in [6.45, 7) is 0.735. The lowest BCUT2D eigenvalue weighted by Gasteiger charge is -2.32. The highest BCUT2D eigenvalue weighted by Crippen LogP contribution is 2.27. The molecule has 1 atom stereocenters. The van der Waals surface area contributed by atoms with Crippen LogP contribution >= 0.6 is 11.6 Å². The third-order valence-corrected chi connectivity index (χ3v) is 5.97. The third kappa shape index (κ3) is 5.85. The van der Waals surface area contributed by atoms with Gasteiger partial charge in [0.2, 0.25) is 11.8 Å². The second kappa shape index (κ2) is 11.6. The summed E-state index contributed by atoms with van der Waals surface area (Å²) in [5, 5.41) is 11.7. The zero-order valence-corrected chi connectivity index (χ0v) is 20.1. The maximum Gasteiger partial charge on any atom is 0.247 e. The van der Waals surface area contributed by atoms with Crippen molar-refractivity contribution in [2.75, 3.05) is 20.3 Å². The minimum atomic E-state index is -0.883. The van der Waals surface area contributed by atoms with Crippen molar-refractivity contribution in [1.82, 2.24) is 25.2 Å². The molecule has 0 aliphatic heterocycles. The maximum absolute atomic E-state index is 13.8. The molecule has 180 valence electrons. The van der Waals surface area contributed by atoms with Gasteiger partial charge in [-0.15, -0.1) is 5.10 Å². The van der Waals surface area contributed by atoms with Gasteiger partial charge in [-0.05, 0) is 29.3 Å². The van der Waals surface area contributed by atoms with E-state index in [1.165, 1.54) is 4.90 Å². The van der Waals surface area contributed by atoms with Gasteiger partial charge in [-0.2, -0.15) is 0 Å². The number of hydrogen-bond donors (Lipinski definition) is 1. The average molecular weight is 492 g/mol. The fourth-order valence-corrected chi connectivity index (χ4v) is 4.06. The van der Waals surface area contributed by atoms with Gasteiger partial charge in [0.15, 0.2) is 0 Å². The van der Waals surface area contributed by atoms with E-state index >= 15 is 0 Å². The summed E-state index contributed by atoms with van der Waals surface area (Å²) in [5.74, 6) is -0.603. The summed E-state index contributed by atoms with van der Waals surface area (Å²) in [4.78, 5) is 28.8. The fourth-order valence-electron chi connectivity index (χ4n) is 3.87. The Morgan fingerprint density at radius 1 is 1.03 bits per heavy atom. The fraction of sp³-hybridized carbons (Fsp3) is 0.231. The van der Waals surface area contributed by atoms with Gasteiger partial charge >= 0.3 is 0 Å². The van der Waals surface area contributed by atoms with Crippen molar-refractivity contribution >= 4 is 34.4 Å². The second-order valence-corrected chi connectivity index (χ2v) is 8.35. The number of benzene rings is 3. The van der Waals surface area contributed by atoms with E-state index in [-0.39, 0.29) is 24.9 Å². The average Bonchev–Trinajstić information content (AvgIpc) is 3.28. The number of rotatable bonds is 10. The summed E-state index contributed by atoms with van der Waals surface area (Å²) in [5.41, 5.74) is 2.84. The SMILES string of the molecule is COCCNC(=O)[C@H](c1ccccc1)N(Cc1ccccc1Cl)C(=O)Cn1nnc2ccccc21. The Labute approximate surface area is 208 Å². The van der Waals surface area contributed by atoms with Gasteiger partial charge in [0.1, 0.15) is 18.1 Å². The molecule has 0 saturated carbocycles. The Kier molecular flexibility index (Phi) is 8.07. The molecule has 4 aromatic rings. The topological polar surface area (TPSA) is 89.4 Å². The largest absolute Gasteiger partial charge is 0.383 e. The molecule has 0 spiro atoms. The lowest BCUT2D eigenvalue weighted by Crippen LogP contribution is -2.45. The lowest BCUT2D eigenvalue weighted by atomic mass is 10.0. The van der Waals surface area contributed by atoms with Gasteiger partial charge in [-0.3, -0.25) is 9.59 Å². The molecule has 0 unspecified atom stereocenters. The van der Waals surface area contributed by atoms with Crippen molar-refractivity contribution in [3.8, 4) is 0 Å². The van der Waals surface area contributed by atoms with Crippen LogP contribution in [0.15, 0.2) is 78.9 Å². The Bertz CT molecular complexity index is 1290. The molecule has 1 heterocycles. The van der Waals surface area contributed by atoms with Gasteiger partial charge in [0, 0.05) is 25.2 Å². The third-order valence-electron chi connectivity index (χ3n) is 5.60. The van der Waals surface area contributed by atoms with Crippen LogP contribution < -0.4 is 5.32 Å². The Hall–Kier alpha value is -3.75. The number of amides is 2. The van der Waals surface area contributed by atoms with Crippen LogP contribution in [0.5, 0.6) is 0 Å². The number of hydrogen-bond acceptors (Lipinski definition) is 5. The van der Waals surface area contributed by atoms with Crippen molar-refractivity contribution in [2.24, 2.45) is 0 Å². The molecular weight excluding hydrogens is 466 g/mol. The number of halogens is 1. The van der Waals surface area contributed by atoms with Crippen molar-refractivity contribution in [3.63, 3.8) is 0 Å². The van der Waals surface area contributed by atoms with Crippen LogP contribution in [0.3, 0.4) is 0 Å². The monoisotopic (exact) mass is 491 g/mol. The Morgan fingerprint density at radius 3 is 2.51 bits per heavy atom. The van der Waals surface area contributed by atoms with E-state index in [0.717, 1.165) is 11.1 Å². The molecular formula is C26H26ClN5O3. The number of ether oxygens (including phenoxy) is 1. The van der Waals surface area contributed by atoms with Gasteiger partial charge in [-0.1, -0.05) is 77.5 Å². The van der Waals surface area contributed by atoms with E-state index in [4.69, 9.17) is 16.3 Å². The predicted octanol–water partition coefficient (Wildman–Crippen LogP) is 3.62. The summed E-state index contributed by atoms with van der Waals surface area (Å²) < 4.78 is 6.62. The normalized spacial score (nSPS) is 11.8. The van der Waals surface area contributed by atoms with E-state index in [1.807, 2.05) is 72.8 Å². The van der Waals surface area contributed by atoms with E-state index in [9.17, 15) is 9.59 Å². The van der Waals surface area contributed by atoms with Crippen molar-refractivity contribution in [3.05, 3.63) is 95.0 Å². The first-order valence-corrected chi connectivity index (χ1v) is 11.6. The van der Waals surface area contributed by atoms with Gasteiger partial charge in [-0.25, -0.2) is 4.68 Å². The molecule has 2 amide bonds. The number of para-hydroxylation sites is 1. The number of methoxy groups -OCH3 is 1. The van der Waals surface area contributed by atoms with Crippen LogP contribution in [-0.4, -0.2) is 52.0 Å². The molecule has 0 aliphatic rings. The summed E-state index contributed by atoms with van der Waals surface area (Å²) in [6.07, 6.45) is 0. The molecule has 0 fully saturated rings. The van der Waals surface area contributed by atoms with Crippen LogP contribution in [-0.2, 0) is 27.4 Å². The van der Waals surface area contributed by atoms with Crippen molar-refractivity contribution in [2.45, 2.75) is 19.1 Å². The minimum Gasteiger partial charge on any atom is -0.383 e. The van der Waals surface area contributed by atoms with E-state index < -0.39 is 6.04 Å². The van der Waals surface area contributed by atoms with Crippen LogP contribution in [0.1, 0.15) is 17.2 Å². The first kappa shape index (κ1) is 24.4. The second-order valence-electron chi connectivity index (χ2n) is 7.95. The zero-order chi connectivity index (χ0) is 24.6. The number of aromatic nitrogens is 3. The molecule has 0 radical (unpaired) electrons. The highest BCUT2D eigenvalue weighted by molar-refractivity contribution is 6.31. The molecule has 4 rings (SSSR count). The van der Waals surface area contributed by atoms with Gasteiger partial charge in [0.25, 0.3) is 0 Å². The zero-order valence-electron chi connectivity index (χ0n) is 19.3. The van der Waals surface area contributed by atoms with Crippen molar-refractivity contribution < 1.29 is 14.3 Å². The summed E-state index contributed by atoms with van der Waals surface area (Å²) in [6, 6.07) is 23.0. The van der Waals surface area contributed by atoms with E-state index in [2.05, 4.69) is 15.6 Å². The first-order valence-electron chi connectivity index (χ1n) is 11.2. The number of nitrogens with one attached hydrogen (secondary N) is 1. The number of carbonyl (C=O) groups is 2. The lowest BCUT2D eigenvalue weighted by molar-refractivity contribution is -0.142. The minimum absolute atomic E-state index is 0.0837. The highest BCUT2D eigenvalue weighted by atomic mass is 35.5. The predicted molar refractivity (Wildman–Crippen MR) is 134 cm³/mol. The smallest absolute Gasteiger partial charge is 0.247 e. The van der Waals surface area contributed by atoms with Gasteiger partial charge < -0.3 is 15.0 Å². The number of fused-ring (bicyclic) bond motifs is 1. The molecule has 1 aromatic heterocycles. The Morgan fingerprint density at radius 2 is 1.74 bits per heavy atom. The van der Waals surface area contributed by atoms with E-state index in [0.29, 0.717) is 29.3 Å². The highest BCUT2D eigenvalue weighted by Gasteiger charge is 2.32. The molecule has 35 heavy (non-hydrogen) atoms. The molecule has 3 aromatic carbocycles. The number of nitrogens with zero attached hydrogens (tertiary/aromatic N) is 4. The standard InChI is InChI=1S/C26H26ClN5O3/c1-35-16-15-28-26(34)25(19-9-3-2-4-10-19)31(17-20-11-5-6-12-21(20)27)24(33)18-32-23-14-8-7-13-22(23)29-30-32/h2-14,25H,15-18H2,1H3,(H,28,34)/t25-/m0/s1. The summed E-state index contributed by atoms with van der Waals surface area (Å²) in [7, 11) is 1.57. The van der Waals surface area contributed by atoms with Crippen LogP contribution in [0, 0.1) is 0 Å². The Balaban J connectivity index is 1.72. The number of carbonyl (C=O) groups excluding carboxylic acids is 2. The van der Waals surface area contributed by atoms with Gasteiger partial charge in [0.05, 0.1) is 12.1 Å². The molecule has 8 nitrogen and oxygen atoms in total.